The van der Waals surface area contributed by atoms with Crippen LogP contribution in [0.15, 0.2) is 46.9 Å². The maximum absolute atomic E-state index is 13.8. The Morgan fingerprint density at radius 2 is 1.89 bits per heavy atom. The smallest absolute Gasteiger partial charge is 0.146 e. The van der Waals surface area contributed by atoms with Gasteiger partial charge in [-0.3, -0.25) is 0 Å². The van der Waals surface area contributed by atoms with Crippen molar-refractivity contribution in [3.63, 3.8) is 0 Å². The molecule has 0 spiro atoms. The zero-order valence-corrected chi connectivity index (χ0v) is 11.6. The molecule has 0 heterocycles. The lowest BCUT2D eigenvalue weighted by molar-refractivity contribution is 0.626. The van der Waals surface area contributed by atoms with Crippen LogP contribution in [-0.4, -0.2) is 6.54 Å². The van der Waals surface area contributed by atoms with E-state index in [1.165, 1.54) is 6.07 Å². The highest BCUT2D eigenvalue weighted by atomic mass is 79.9. The van der Waals surface area contributed by atoms with Gasteiger partial charge >= 0.3 is 0 Å². The minimum atomic E-state index is -0.248. The van der Waals surface area contributed by atoms with Crippen LogP contribution in [0.3, 0.4) is 0 Å². The first-order valence-corrected chi connectivity index (χ1v) is 6.50. The number of hydrogen-bond acceptors (Lipinski definition) is 2. The molecule has 0 atom stereocenters. The van der Waals surface area contributed by atoms with Crippen molar-refractivity contribution >= 4 is 33.0 Å². The SMILES string of the molecule is CCN(c1ccc(Br)cc1N)c1ccccc1F. The van der Waals surface area contributed by atoms with Crippen LogP contribution in [0, 0.1) is 5.82 Å². The molecule has 0 saturated heterocycles. The average molecular weight is 309 g/mol. The summed E-state index contributed by atoms with van der Waals surface area (Å²) in [5.74, 6) is -0.248. The quantitative estimate of drug-likeness (QED) is 0.855. The molecular formula is C14H14BrFN2. The minimum absolute atomic E-state index is 0.248. The number of hydrogen-bond donors (Lipinski definition) is 1. The van der Waals surface area contributed by atoms with Gasteiger partial charge in [-0.25, -0.2) is 4.39 Å². The molecule has 94 valence electrons. The van der Waals surface area contributed by atoms with Crippen LogP contribution < -0.4 is 10.6 Å². The number of rotatable bonds is 3. The molecule has 2 nitrogen and oxygen atoms in total. The summed E-state index contributed by atoms with van der Waals surface area (Å²) in [6.45, 7) is 2.61. The van der Waals surface area contributed by atoms with Gasteiger partial charge in [-0.1, -0.05) is 28.1 Å². The molecular weight excluding hydrogens is 295 g/mol. The molecule has 0 aliphatic rings. The predicted octanol–water partition coefficient (Wildman–Crippen LogP) is 4.33. The van der Waals surface area contributed by atoms with Crippen molar-refractivity contribution in [2.45, 2.75) is 6.92 Å². The fourth-order valence-electron chi connectivity index (χ4n) is 1.91. The van der Waals surface area contributed by atoms with E-state index in [9.17, 15) is 4.39 Å². The lowest BCUT2D eigenvalue weighted by atomic mass is 10.2. The fourth-order valence-corrected chi connectivity index (χ4v) is 2.29. The second-order valence-electron chi connectivity index (χ2n) is 3.90. The lowest BCUT2D eigenvalue weighted by Crippen LogP contribution is -2.18. The van der Waals surface area contributed by atoms with Crippen LogP contribution in [-0.2, 0) is 0 Å². The first kappa shape index (κ1) is 12.9. The van der Waals surface area contributed by atoms with Crippen molar-refractivity contribution in [2.24, 2.45) is 0 Å². The highest BCUT2D eigenvalue weighted by molar-refractivity contribution is 9.10. The van der Waals surface area contributed by atoms with E-state index in [2.05, 4.69) is 15.9 Å². The number of anilines is 3. The third-order valence-corrected chi connectivity index (χ3v) is 3.23. The summed E-state index contributed by atoms with van der Waals surface area (Å²) in [6.07, 6.45) is 0. The molecule has 0 bridgehead atoms. The van der Waals surface area contributed by atoms with Crippen molar-refractivity contribution in [3.05, 3.63) is 52.8 Å². The molecule has 0 radical (unpaired) electrons. The Morgan fingerprint density at radius 1 is 1.17 bits per heavy atom. The summed E-state index contributed by atoms with van der Waals surface area (Å²) in [6, 6.07) is 12.3. The second-order valence-corrected chi connectivity index (χ2v) is 4.81. The van der Waals surface area contributed by atoms with Gasteiger partial charge in [0.25, 0.3) is 0 Å². The van der Waals surface area contributed by atoms with Crippen molar-refractivity contribution in [1.82, 2.24) is 0 Å². The molecule has 2 N–H and O–H groups in total. The van der Waals surface area contributed by atoms with Crippen LogP contribution in [0.4, 0.5) is 21.5 Å². The van der Waals surface area contributed by atoms with Crippen LogP contribution >= 0.6 is 15.9 Å². The second kappa shape index (κ2) is 5.40. The fraction of sp³-hybridized carbons (Fsp3) is 0.143. The number of nitrogens with two attached hydrogens (primary N) is 1. The topological polar surface area (TPSA) is 29.3 Å². The average Bonchev–Trinajstić information content (AvgIpc) is 2.34. The predicted molar refractivity (Wildman–Crippen MR) is 77.6 cm³/mol. The largest absolute Gasteiger partial charge is 0.397 e. The molecule has 0 saturated carbocycles. The molecule has 0 unspecified atom stereocenters. The molecule has 0 amide bonds. The lowest BCUT2D eigenvalue weighted by Gasteiger charge is -2.25. The van der Waals surface area contributed by atoms with Gasteiger partial charge in [0, 0.05) is 11.0 Å². The van der Waals surface area contributed by atoms with Gasteiger partial charge in [0.1, 0.15) is 5.82 Å². The Morgan fingerprint density at radius 3 is 2.50 bits per heavy atom. The summed E-state index contributed by atoms with van der Waals surface area (Å²) in [5, 5.41) is 0. The highest BCUT2D eigenvalue weighted by Gasteiger charge is 2.13. The Labute approximate surface area is 114 Å². The van der Waals surface area contributed by atoms with E-state index >= 15 is 0 Å². The molecule has 4 heteroatoms. The van der Waals surface area contributed by atoms with Gasteiger partial charge in [-0.05, 0) is 37.3 Å². The third-order valence-electron chi connectivity index (χ3n) is 2.74. The molecule has 2 rings (SSSR count). The van der Waals surface area contributed by atoms with Crippen molar-refractivity contribution in [2.75, 3.05) is 17.2 Å². The first-order chi connectivity index (χ1) is 8.63. The van der Waals surface area contributed by atoms with Gasteiger partial charge in [-0.15, -0.1) is 0 Å². The number of benzene rings is 2. The Hall–Kier alpha value is -1.55. The summed E-state index contributed by atoms with van der Waals surface area (Å²) in [7, 11) is 0. The van der Waals surface area contributed by atoms with Gasteiger partial charge in [-0.2, -0.15) is 0 Å². The van der Waals surface area contributed by atoms with E-state index in [0.29, 0.717) is 17.9 Å². The van der Waals surface area contributed by atoms with E-state index in [1.54, 1.807) is 12.1 Å². The first-order valence-electron chi connectivity index (χ1n) is 5.70. The maximum atomic E-state index is 13.8. The zero-order chi connectivity index (χ0) is 13.1. The minimum Gasteiger partial charge on any atom is -0.397 e. The third kappa shape index (κ3) is 2.48. The molecule has 2 aromatic carbocycles. The van der Waals surface area contributed by atoms with E-state index < -0.39 is 0 Å². The highest BCUT2D eigenvalue weighted by Crippen LogP contribution is 2.33. The number of halogens is 2. The van der Waals surface area contributed by atoms with E-state index in [-0.39, 0.29) is 5.82 Å². The Balaban J connectivity index is 2.49. The van der Waals surface area contributed by atoms with Crippen LogP contribution in [0.2, 0.25) is 0 Å². The number of para-hydroxylation sites is 1. The van der Waals surface area contributed by atoms with Gasteiger partial charge in [0.2, 0.25) is 0 Å². The van der Waals surface area contributed by atoms with Crippen LogP contribution in [0.25, 0.3) is 0 Å². The van der Waals surface area contributed by atoms with E-state index in [1.807, 2.05) is 36.1 Å². The van der Waals surface area contributed by atoms with Crippen molar-refractivity contribution < 1.29 is 4.39 Å². The molecule has 0 fully saturated rings. The summed E-state index contributed by atoms with van der Waals surface area (Å²) in [5.41, 5.74) is 7.96. The van der Waals surface area contributed by atoms with Gasteiger partial charge < -0.3 is 10.6 Å². The summed E-state index contributed by atoms with van der Waals surface area (Å²) >= 11 is 3.37. The zero-order valence-electron chi connectivity index (χ0n) is 10.0. The molecule has 18 heavy (non-hydrogen) atoms. The maximum Gasteiger partial charge on any atom is 0.146 e. The Bertz CT molecular complexity index is 557. The normalized spacial score (nSPS) is 10.4. The van der Waals surface area contributed by atoms with Crippen molar-refractivity contribution in [1.29, 1.82) is 0 Å². The monoisotopic (exact) mass is 308 g/mol. The van der Waals surface area contributed by atoms with E-state index in [0.717, 1.165) is 10.2 Å². The summed E-state index contributed by atoms with van der Waals surface area (Å²) in [4.78, 5) is 1.86. The summed E-state index contributed by atoms with van der Waals surface area (Å²) < 4.78 is 14.7. The number of nitrogens with zero attached hydrogens (tertiary/aromatic N) is 1. The van der Waals surface area contributed by atoms with Gasteiger partial charge in [0.15, 0.2) is 0 Å². The van der Waals surface area contributed by atoms with E-state index in [4.69, 9.17) is 5.73 Å². The Kier molecular flexibility index (Phi) is 3.87. The van der Waals surface area contributed by atoms with Gasteiger partial charge in [0.05, 0.1) is 17.1 Å². The number of nitrogen functional groups attached to an aromatic ring is 1. The molecule has 0 aliphatic heterocycles. The molecule has 0 aliphatic carbocycles. The van der Waals surface area contributed by atoms with Crippen LogP contribution in [0.1, 0.15) is 6.92 Å². The standard InChI is InChI=1S/C14H14BrFN2/c1-2-18(13-6-4-3-5-11(13)16)14-8-7-10(15)9-12(14)17/h3-9H,2,17H2,1H3. The van der Waals surface area contributed by atoms with Crippen LogP contribution in [0.5, 0.6) is 0 Å². The molecule has 0 aromatic heterocycles. The van der Waals surface area contributed by atoms with Crippen molar-refractivity contribution in [3.8, 4) is 0 Å². The molecule has 2 aromatic rings.